The Morgan fingerprint density at radius 2 is 1.90 bits per heavy atom. The van der Waals surface area contributed by atoms with E-state index in [4.69, 9.17) is 0 Å². The second-order valence-electron chi connectivity index (χ2n) is 7.39. The summed E-state index contributed by atoms with van der Waals surface area (Å²) < 4.78 is 0. The molecular weight excluding hydrogens is 246 g/mol. The molecule has 0 spiro atoms. The van der Waals surface area contributed by atoms with Gasteiger partial charge in [0.25, 0.3) is 0 Å². The van der Waals surface area contributed by atoms with Crippen molar-refractivity contribution in [2.24, 2.45) is 11.8 Å². The zero-order valence-electron chi connectivity index (χ0n) is 13.2. The van der Waals surface area contributed by atoms with E-state index in [1.165, 1.54) is 77.5 Å². The molecule has 1 aliphatic carbocycles. The number of rotatable bonds is 5. The average molecular weight is 279 g/mol. The molecule has 2 aliphatic heterocycles. The van der Waals surface area contributed by atoms with Crippen molar-refractivity contribution in [1.82, 2.24) is 15.5 Å². The van der Waals surface area contributed by atoms with Crippen molar-refractivity contribution in [2.75, 3.05) is 33.2 Å². The van der Waals surface area contributed by atoms with E-state index in [1.54, 1.807) is 0 Å². The number of nitrogens with zero attached hydrogens (tertiary/aromatic N) is 1. The second kappa shape index (κ2) is 7.24. The molecule has 2 heterocycles. The summed E-state index contributed by atoms with van der Waals surface area (Å²) in [6.07, 6.45) is 11.3. The van der Waals surface area contributed by atoms with Gasteiger partial charge in [-0.1, -0.05) is 6.42 Å². The predicted octanol–water partition coefficient (Wildman–Crippen LogP) is 2.23. The van der Waals surface area contributed by atoms with Crippen molar-refractivity contribution in [3.8, 4) is 0 Å². The van der Waals surface area contributed by atoms with Gasteiger partial charge in [-0.3, -0.25) is 0 Å². The van der Waals surface area contributed by atoms with E-state index >= 15 is 0 Å². The largest absolute Gasteiger partial charge is 0.314 e. The Hall–Kier alpha value is -0.120. The monoisotopic (exact) mass is 279 g/mol. The first-order valence-corrected chi connectivity index (χ1v) is 8.98. The van der Waals surface area contributed by atoms with Crippen LogP contribution >= 0.6 is 0 Å². The molecule has 0 aromatic carbocycles. The minimum absolute atomic E-state index is 0.803. The topological polar surface area (TPSA) is 27.3 Å². The van der Waals surface area contributed by atoms with Crippen molar-refractivity contribution in [3.63, 3.8) is 0 Å². The van der Waals surface area contributed by atoms with Crippen LogP contribution in [0.2, 0.25) is 0 Å². The average Bonchev–Trinajstić information content (AvgIpc) is 3.11. The van der Waals surface area contributed by atoms with Crippen LogP contribution in [-0.4, -0.2) is 50.2 Å². The van der Waals surface area contributed by atoms with Gasteiger partial charge in [-0.2, -0.15) is 0 Å². The fraction of sp³-hybridized carbons (Fsp3) is 1.00. The SMILES string of the molecule is CN1CCC(CCNC2CCCC2C2CCCN2)CC1. The smallest absolute Gasteiger partial charge is 0.0111 e. The quantitative estimate of drug-likeness (QED) is 0.808. The highest BCUT2D eigenvalue weighted by atomic mass is 15.1. The summed E-state index contributed by atoms with van der Waals surface area (Å²) >= 11 is 0. The van der Waals surface area contributed by atoms with Crippen LogP contribution in [0, 0.1) is 11.8 Å². The van der Waals surface area contributed by atoms with Crippen LogP contribution in [0.4, 0.5) is 0 Å². The number of hydrogen-bond donors (Lipinski definition) is 2. The van der Waals surface area contributed by atoms with Crippen molar-refractivity contribution in [3.05, 3.63) is 0 Å². The number of nitrogens with one attached hydrogen (secondary N) is 2. The van der Waals surface area contributed by atoms with Crippen LogP contribution in [-0.2, 0) is 0 Å². The van der Waals surface area contributed by atoms with Gasteiger partial charge in [-0.05, 0) is 90.0 Å². The zero-order chi connectivity index (χ0) is 13.8. The molecule has 116 valence electrons. The summed E-state index contributed by atoms with van der Waals surface area (Å²) in [4.78, 5) is 2.47. The Labute approximate surface area is 124 Å². The number of hydrogen-bond acceptors (Lipinski definition) is 3. The maximum absolute atomic E-state index is 3.91. The van der Waals surface area contributed by atoms with Crippen LogP contribution in [0.25, 0.3) is 0 Å². The van der Waals surface area contributed by atoms with Gasteiger partial charge in [0.05, 0.1) is 0 Å². The highest BCUT2D eigenvalue weighted by Crippen LogP contribution is 2.32. The Kier molecular flexibility index (Phi) is 5.36. The van der Waals surface area contributed by atoms with Gasteiger partial charge in [-0.25, -0.2) is 0 Å². The van der Waals surface area contributed by atoms with Crippen LogP contribution in [0.5, 0.6) is 0 Å². The van der Waals surface area contributed by atoms with Crippen LogP contribution in [0.15, 0.2) is 0 Å². The molecule has 0 aromatic heterocycles. The molecule has 0 aromatic rings. The maximum atomic E-state index is 3.91. The normalized spacial score (nSPS) is 36.8. The van der Waals surface area contributed by atoms with E-state index in [-0.39, 0.29) is 0 Å². The molecule has 2 N–H and O–H groups in total. The summed E-state index contributed by atoms with van der Waals surface area (Å²) in [7, 11) is 2.26. The third-order valence-electron chi connectivity index (χ3n) is 5.98. The van der Waals surface area contributed by atoms with E-state index in [0.717, 1.165) is 23.9 Å². The minimum Gasteiger partial charge on any atom is -0.314 e. The lowest BCUT2D eigenvalue weighted by Crippen LogP contribution is -2.43. The second-order valence-corrected chi connectivity index (χ2v) is 7.39. The Balaban J connectivity index is 1.37. The van der Waals surface area contributed by atoms with E-state index in [2.05, 4.69) is 22.6 Å². The summed E-state index contributed by atoms with van der Waals surface area (Å²) in [6.45, 7) is 5.12. The molecule has 3 aliphatic rings. The lowest BCUT2D eigenvalue weighted by atomic mass is 9.91. The van der Waals surface area contributed by atoms with Crippen LogP contribution in [0.1, 0.15) is 51.4 Å². The molecule has 2 saturated heterocycles. The predicted molar refractivity (Wildman–Crippen MR) is 85.0 cm³/mol. The summed E-state index contributed by atoms with van der Waals surface area (Å²) in [5.41, 5.74) is 0. The van der Waals surface area contributed by atoms with Crippen molar-refractivity contribution >= 4 is 0 Å². The third-order valence-corrected chi connectivity index (χ3v) is 5.98. The summed E-state index contributed by atoms with van der Waals surface area (Å²) in [5.74, 6) is 1.89. The first-order chi connectivity index (χ1) is 9.83. The van der Waals surface area contributed by atoms with Gasteiger partial charge >= 0.3 is 0 Å². The van der Waals surface area contributed by atoms with Gasteiger partial charge in [0.1, 0.15) is 0 Å². The molecule has 0 radical (unpaired) electrons. The Morgan fingerprint density at radius 1 is 1.05 bits per heavy atom. The molecule has 3 fully saturated rings. The van der Waals surface area contributed by atoms with Gasteiger partial charge in [0, 0.05) is 12.1 Å². The molecule has 0 bridgehead atoms. The maximum Gasteiger partial charge on any atom is 0.0111 e. The van der Waals surface area contributed by atoms with Crippen molar-refractivity contribution in [1.29, 1.82) is 0 Å². The zero-order valence-corrected chi connectivity index (χ0v) is 13.2. The van der Waals surface area contributed by atoms with Gasteiger partial charge in [0.2, 0.25) is 0 Å². The Bertz CT molecular complexity index is 280. The Morgan fingerprint density at radius 3 is 2.65 bits per heavy atom. The summed E-state index contributed by atoms with van der Waals surface area (Å²) in [5, 5.41) is 7.64. The molecule has 1 saturated carbocycles. The minimum atomic E-state index is 0.803. The molecule has 3 unspecified atom stereocenters. The lowest BCUT2D eigenvalue weighted by Gasteiger charge is -2.30. The molecule has 0 amide bonds. The number of piperidine rings is 1. The third kappa shape index (κ3) is 3.75. The lowest BCUT2D eigenvalue weighted by molar-refractivity contribution is 0.208. The van der Waals surface area contributed by atoms with Gasteiger partial charge in [-0.15, -0.1) is 0 Å². The fourth-order valence-electron chi connectivity index (χ4n) is 4.62. The number of likely N-dealkylation sites (tertiary alicyclic amines) is 1. The molecule has 3 heteroatoms. The van der Waals surface area contributed by atoms with Crippen molar-refractivity contribution < 1.29 is 0 Å². The first kappa shape index (κ1) is 14.8. The highest BCUT2D eigenvalue weighted by Gasteiger charge is 2.34. The highest BCUT2D eigenvalue weighted by molar-refractivity contribution is 4.93. The van der Waals surface area contributed by atoms with E-state index in [1.807, 2.05) is 0 Å². The molecule has 3 atom stereocenters. The van der Waals surface area contributed by atoms with Crippen LogP contribution < -0.4 is 10.6 Å². The standard InChI is InChI=1S/C17H33N3/c1-20-12-8-14(9-13-20)7-11-19-16-5-2-4-15(16)17-6-3-10-18-17/h14-19H,2-13H2,1H3. The van der Waals surface area contributed by atoms with E-state index in [9.17, 15) is 0 Å². The molecule has 3 rings (SSSR count). The fourth-order valence-corrected chi connectivity index (χ4v) is 4.62. The summed E-state index contributed by atoms with van der Waals surface area (Å²) in [6, 6.07) is 1.62. The van der Waals surface area contributed by atoms with Crippen molar-refractivity contribution in [2.45, 2.75) is 63.5 Å². The van der Waals surface area contributed by atoms with Gasteiger partial charge < -0.3 is 15.5 Å². The molecule has 3 nitrogen and oxygen atoms in total. The molecule has 20 heavy (non-hydrogen) atoms. The molecular formula is C17H33N3. The first-order valence-electron chi connectivity index (χ1n) is 8.98. The van der Waals surface area contributed by atoms with Gasteiger partial charge in [0.15, 0.2) is 0 Å². The van der Waals surface area contributed by atoms with E-state index < -0.39 is 0 Å². The van der Waals surface area contributed by atoms with Crippen LogP contribution in [0.3, 0.4) is 0 Å². The van der Waals surface area contributed by atoms with E-state index in [0.29, 0.717) is 0 Å².